The lowest BCUT2D eigenvalue weighted by Gasteiger charge is -2.36. The Morgan fingerprint density at radius 2 is 1.73 bits per heavy atom. The van der Waals surface area contributed by atoms with Gasteiger partial charge in [0.2, 0.25) is 10.0 Å². The van der Waals surface area contributed by atoms with Crippen LogP contribution < -0.4 is 14.4 Å². The Balaban J connectivity index is 1.54. The molecule has 1 atom stereocenters. The van der Waals surface area contributed by atoms with Gasteiger partial charge >= 0.3 is 0 Å². The van der Waals surface area contributed by atoms with E-state index in [0.717, 1.165) is 25.9 Å². The molecule has 1 saturated heterocycles. The lowest BCUT2D eigenvalue weighted by Crippen LogP contribution is -2.54. The number of rotatable bonds is 5. The van der Waals surface area contributed by atoms with Crippen molar-refractivity contribution >= 4 is 21.6 Å². The van der Waals surface area contributed by atoms with Gasteiger partial charge in [0.25, 0.3) is 5.91 Å². The van der Waals surface area contributed by atoms with E-state index in [9.17, 15) is 13.2 Å². The molecule has 8 heteroatoms. The Hall–Kier alpha value is -2.58. The van der Waals surface area contributed by atoms with Gasteiger partial charge in [0, 0.05) is 6.04 Å². The molecule has 0 bridgehead atoms. The number of para-hydroxylation sites is 2. The van der Waals surface area contributed by atoms with E-state index in [-0.39, 0.29) is 24.2 Å². The molecule has 2 aromatic carbocycles. The molecule has 0 aromatic heterocycles. The molecule has 0 unspecified atom stereocenters. The summed E-state index contributed by atoms with van der Waals surface area (Å²) in [6.07, 6.45) is 0.869. The number of nitrogens with zero attached hydrogens (tertiary/aromatic N) is 2. The van der Waals surface area contributed by atoms with Crippen LogP contribution >= 0.6 is 0 Å². The Kier molecular flexibility index (Phi) is 5.97. The molecule has 4 rings (SSSR count). The van der Waals surface area contributed by atoms with Gasteiger partial charge in [-0.25, -0.2) is 8.42 Å². The van der Waals surface area contributed by atoms with Gasteiger partial charge in [-0.1, -0.05) is 42.5 Å². The number of hydrogen-bond acceptors (Lipinski definition) is 5. The standard InChI is InChI=1S/C22H27N3O4S/c1-24-13-11-18(12-14-24)23-22(26)21-15-25(19-9-5-6-10-20(19)29-21)30(27,28)16-17-7-3-2-4-8-17/h2-10,18,21H,11-16H2,1H3,(H,23,26)/t21-/m0/s1. The fourth-order valence-electron chi connectivity index (χ4n) is 3.91. The highest BCUT2D eigenvalue weighted by atomic mass is 32.2. The first-order valence-corrected chi connectivity index (χ1v) is 11.8. The van der Waals surface area contributed by atoms with Crippen molar-refractivity contribution in [2.75, 3.05) is 31.0 Å². The molecule has 0 radical (unpaired) electrons. The zero-order chi connectivity index (χ0) is 21.1. The summed E-state index contributed by atoms with van der Waals surface area (Å²) in [6, 6.07) is 16.1. The molecule has 2 heterocycles. The number of hydrogen-bond donors (Lipinski definition) is 1. The highest BCUT2D eigenvalue weighted by molar-refractivity contribution is 7.92. The number of benzene rings is 2. The van der Waals surface area contributed by atoms with Crippen LogP contribution in [0.15, 0.2) is 54.6 Å². The van der Waals surface area contributed by atoms with Crippen molar-refractivity contribution in [1.29, 1.82) is 0 Å². The van der Waals surface area contributed by atoms with Crippen molar-refractivity contribution in [3.63, 3.8) is 0 Å². The number of piperidine rings is 1. The number of carbonyl (C=O) groups is 1. The number of sulfonamides is 1. The third-order valence-corrected chi connectivity index (χ3v) is 7.34. The molecule has 2 aliphatic heterocycles. The molecule has 2 aliphatic rings. The van der Waals surface area contributed by atoms with Crippen LogP contribution in [0, 0.1) is 0 Å². The fourth-order valence-corrected chi connectivity index (χ4v) is 5.49. The van der Waals surface area contributed by atoms with Gasteiger partial charge < -0.3 is 15.0 Å². The quantitative estimate of drug-likeness (QED) is 0.787. The summed E-state index contributed by atoms with van der Waals surface area (Å²) in [5.74, 6) is 0.00810. The van der Waals surface area contributed by atoms with Crippen molar-refractivity contribution in [2.45, 2.75) is 30.7 Å². The van der Waals surface area contributed by atoms with Gasteiger partial charge in [0.1, 0.15) is 5.75 Å². The third kappa shape index (κ3) is 4.60. The number of amides is 1. The molecule has 1 fully saturated rings. The number of ether oxygens (including phenoxy) is 1. The van der Waals surface area contributed by atoms with E-state index in [1.807, 2.05) is 18.2 Å². The summed E-state index contributed by atoms with van der Waals surface area (Å²) in [4.78, 5) is 15.1. The highest BCUT2D eigenvalue weighted by Crippen LogP contribution is 2.35. The predicted octanol–water partition coefficient (Wildman–Crippen LogP) is 1.99. The van der Waals surface area contributed by atoms with Crippen LogP contribution in [0.3, 0.4) is 0 Å². The SMILES string of the molecule is CN1CCC(NC(=O)[C@@H]2CN(S(=O)(=O)Cc3ccccc3)c3ccccc3O2)CC1. The molecule has 1 N–H and O–H groups in total. The number of nitrogens with one attached hydrogen (secondary N) is 1. The van der Waals surface area contributed by atoms with Crippen molar-refractivity contribution in [3.8, 4) is 5.75 Å². The minimum absolute atomic E-state index is 0.0371. The molecule has 1 amide bonds. The van der Waals surface area contributed by atoms with Gasteiger partial charge in [0.05, 0.1) is 18.0 Å². The fraction of sp³-hybridized carbons (Fsp3) is 0.409. The van der Waals surface area contributed by atoms with Gasteiger partial charge in [0.15, 0.2) is 6.10 Å². The molecular weight excluding hydrogens is 402 g/mol. The van der Waals surface area contributed by atoms with E-state index < -0.39 is 16.1 Å². The van der Waals surface area contributed by atoms with Crippen molar-refractivity contribution in [2.24, 2.45) is 0 Å². The molecule has 30 heavy (non-hydrogen) atoms. The lowest BCUT2D eigenvalue weighted by atomic mass is 10.1. The molecule has 160 valence electrons. The second-order valence-electron chi connectivity index (χ2n) is 7.93. The summed E-state index contributed by atoms with van der Waals surface area (Å²) in [7, 11) is -1.63. The number of carbonyl (C=O) groups excluding carboxylic acids is 1. The van der Waals surface area contributed by atoms with Crippen LogP contribution in [0.4, 0.5) is 5.69 Å². The molecule has 0 aliphatic carbocycles. The van der Waals surface area contributed by atoms with Crippen LogP contribution in [-0.2, 0) is 20.6 Å². The summed E-state index contributed by atoms with van der Waals surface area (Å²) < 4.78 is 33.7. The molecular formula is C22H27N3O4S. The normalized spacial score (nSPS) is 20.3. The van der Waals surface area contributed by atoms with E-state index >= 15 is 0 Å². The van der Waals surface area contributed by atoms with Crippen molar-refractivity contribution in [3.05, 3.63) is 60.2 Å². The minimum Gasteiger partial charge on any atom is -0.476 e. The predicted molar refractivity (Wildman–Crippen MR) is 116 cm³/mol. The van der Waals surface area contributed by atoms with Crippen LogP contribution in [0.5, 0.6) is 5.75 Å². The van der Waals surface area contributed by atoms with E-state index in [1.165, 1.54) is 4.31 Å². The van der Waals surface area contributed by atoms with Crippen LogP contribution in [0.1, 0.15) is 18.4 Å². The Labute approximate surface area is 177 Å². The first-order chi connectivity index (χ1) is 14.4. The highest BCUT2D eigenvalue weighted by Gasteiger charge is 2.37. The first-order valence-electron chi connectivity index (χ1n) is 10.2. The second kappa shape index (κ2) is 8.65. The van der Waals surface area contributed by atoms with Gasteiger partial charge in [-0.3, -0.25) is 9.10 Å². The van der Waals surface area contributed by atoms with Crippen molar-refractivity contribution in [1.82, 2.24) is 10.2 Å². The Morgan fingerprint density at radius 1 is 1.07 bits per heavy atom. The molecule has 0 saturated carbocycles. The smallest absolute Gasteiger partial charge is 0.263 e. The third-order valence-electron chi connectivity index (χ3n) is 5.62. The lowest BCUT2D eigenvalue weighted by molar-refractivity contribution is -0.128. The summed E-state index contributed by atoms with van der Waals surface area (Å²) in [6.45, 7) is 1.82. The van der Waals surface area contributed by atoms with Gasteiger partial charge in [-0.2, -0.15) is 0 Å². The average molecular weight is 430 g/mol. The maximum absolute atomic E-state index is 13.2. The monoisotopic (exact) mass is 429 g/mol. The van der Waals surface area contributed by atoms with Crippen LogP contribution in [0.25, 0.3) is 0 Å². The Morgan fingerprint density at radius 3 is 2.47 bits per heavy atom. The molecule has 2 aromatic rings. The molecule has 0 spiro atoms. The average Bonchev–Trinajstić information content (AvgIpc) is 2.75. The first kappa shape index (κ1) is 20.7. The minimum atomic E-state index is -3.69. The van der Waals surface area contributed by atoms with E-state index in [4.69, 9.17) is 4.74 Å². The zero-order valence-corrected chi connectivity index (χ0v) is 17.8. The topological polar surface area (TPSA) is 79.0 Å². The molecule has 7 nitrogen and oxygen atoms in total. The second-order valence-corrected chi connectivity index (χ2v) is 9.83. The summed E-state index contributed by atoms with van der Waals surface area (Å²) in [5, 5.41) is 3.05. The number of anilines is 1. The number of fused-ring (bicyclic) bond motifs is 1. The van der Waals surface area contributed by atoms with E-state index in [1.54, 1.807) is 36.4 Å². The van der Waals surface area contributed by atoms with E-state index in [2.05, 4.69) is 17.3 Å². The maximum Gasteiger partial charge on any atom is 0.263 e. The van der Waals surface area contributed by atoms with Crippen LogP contribution in [-0.4, -0.2) is 58.1 Å². The zero-order valence-electron chi connectivity index (χ0n) is 17.0. The summed E-state index contributed by atoms with van der Waals surface area (Å²) in [5.41, 5.74) is 1.17. The summed E-state index contributed by atoms with van der Waals surface area (Å²) >= 11 is 0. The van der Waals surface area contributed by atoms with Crippen LogP contribution in [0.2, 0.25) is 0 Å². The number of likely N-dealkylation sites (tertiary alicyclic amines) is 1. The Bertz CT molecular complexity index is 988. The van der Waals surface area contributed by atoms with E-state index in [0.29, 0.717) is 17.0 Å². The van der Waals surface area contributed by atoms with Crippen molar-refractivity contribution < 1.29 is 17.9 Å². The van der Waals surface area contributed by atoms with Gasteiger partial charge in [-0.15, -0.1) is 0 Å². The largest absolute Gasteiger partial charge is 0.476 e. The maximum atomic E-state index is 13.2. The van der Waals surface area contributed by atoms with Gasteiger partial charge in [-0.05, 0) is 50.7 Å².